The second-order valence-corrected chi connectivity index (χ2v) is 5.82. The number of hydrogen-bond acceptors (Lipinski definition) is 3. The molecule has 1 saturated heterocycles. The van der Waals surface area contributed by atoms with Crippen LogP contribution in [0.1, 0.15) is 24.4 Å². The van der Waals surface area contributed by atoms with Gasteiger partial charge in [-0.15, -0.1) is 0 Å². The highest BCUT2D eigenvalue weighted by atomic mass is 19.2. The molecule has 3 rings (SSSR count). The number of nitrogens with two attached hydrogens (primary N) is 1. The van der Waals surface area contributed by atoms with E-state index in [0.717, 1.165) is 38.3 Å². The Morgan fingerprint density at radius 3 is 2.50 bits per heavy atom. The number of halogens is 2. The monoisotopic (exact) mass is 281 g/mol. The van der Waals surface area contributed by atoms with Gasteiger partial charge in [0.2, 0.25) is 0 Å². The van der Waals surface area contributed by atoms with Gasteiger partial charge < -0.3 is 5.73 Å². The Morgan fingerprint density at radius 1 is 1.15 bits per heavy atom. The summed E-state index contributed by atoms with van der Waals surface area (Å²) in [6, 6.07) is 4.53. The van der Waals surface area contributed by atoms with Crippen LogP contribution in [0.5, 0.6) is 0 Å². The zero-order valence-corrected chi connectivity index (χ0v) is 11.6. The molecule has 3 nitrogen and oxygen atoms in total. The molecule has 1 atom stereocenters. The van der Waals surface area contributed by atoms with Crippen LogP contribution in [0.15, 0.2) is 18.2 Å². The maximum atomic E-state index is 13.7. The summed E-state index contributed by atoms with van der Waals surface area (Å²) in [5.41, 5.74) is 6.31. The van der Waals surface area contributed by atoms with Crippen molar-refractivity contribution in [2.75, 3.05) is 32.7 Å². The molecule has 0 radical (unpaired) electrons. The maximum absolute atomic E-state index is 13.7. The Bertz CT molecular complexity index is 468. The maximum Gasteiger partial charge on any atom is 0.163 e. The Kier molecular flexibility index (Phi) is 4.01. The highest BCUT2D eigenvalue weighted by Gasteiger charge is 2.31. The summed E-state index contributed by atoms with van der Waals surface area (Å²) in [5, 5.41) is 0. The van der Waals surface area contributed by atoms with Crippen molar-refractivity contribution < 1.29 is 8.78 Å². The van der Waals surface area contributed by atoms with E-state index in [1.165, 1.54) is 18.9 Å². The lowest BCUT2D eigenvalue weighted by molar-refractivity contribution is 0.121. The van der Waals surface area contributed by atoms with Gasteiger partial charge in [-0.2, -0.15) is 0 Å². The highest BCUT2D eigenvalue weighted by molar-refractivity contribution is 5.22. The molecule has 0 bridgehead atoms. The summed E-state index contributed by atoms with van der Waals surface area (Å²) in [6.45, 7) is 4.62. The Balaban J connectivity index is 1.56. The minimum atomic E-state index is -0.823. The first-order chi connectivity index (χ1) is 9.65. The van der Waals surface area contributed by atoms with E-state index in [0.29, 0.717) is 6.54 Å². The topological polar surface area (TPSA) is 32.5 Å². The Morgan fingerprint density at radius 2 is 1.85 bits per heavy atom. The summed E-state index contributed by atoms with van der Waals surface area (Å²) in [7, 11) is 0. The molecular weight excluding hydrogens is 260 g/mol. The predicted molar refractivity (Wildman–Crippen MR) is 74.3 cm³/mol. The molecule has 2 N–H and O–H groups in total. The zero-order chi connectivity index (χ0) is 14.1. The first-order valence-electron chi connectivity index (χ1n) is 7.31. The van der Waals surface area contributed by atoms with Crippen molar-refractivity contribution >= 4 is 0 Å². The molecule has 1 aromatic rings. The summed E-state index contributed by atoms with van der Waals surface area (Å²) in [4.78, 5) is 4.76. The predicted octanol–water partition coefficient (Wildman–Crippen LogP) is 1.74. The highest BCUT2D eigenvalue weighted by Crippen LogP contribution is 2.27. The van der Waals surface area contributed by atoms with Gasteiger partial charge in [-0.05, 0) is 18.9 Å². The minimum absolute atomic E-state index is 0.273. The molecule has 2 aliphatic rings. The third-order valence-electron chi connectivity index (χ3n) is 4.31. The van der Waals surface area contributed by atoms with Gasteiger partial charge in [0.15, 0.2) is 11.6 Å². The van der Waals surface area contributed by atoms with E-state index in [4.69, 9.17) is 5.73 Å². The van der Waals surface area contributed by atoms with E-state index in [-0.39, 0.29) is 5.56 Å². The fourth-order valence-corrected chi connectivity index (χ4v) is 2.93. The molecule has 5 heteroatoms. The van der Waals surface area contributed by atoms with E-state index in [1.807, 2.05) is 0 Å². The third kappa shape index (κ3) is 3.00. The molecule has 1 aliphatic carbocycles. The zero-order valence-electron chi connectivity index (χ0n) is 11.6. The third-order valence-corrected chi connectivity index (χ3v) is 4.31. The van der Waals surface area contributed by atoms with E-state index in [1.54, 1.807) is 6.07 Å². The van der Waals surface area contributed by atoms with E-state index < -0.39 is 17.7 Å². The Labute approximate surface area is 118 Å². The summed E-state index contributed by atoms with van der Waals surface area (Å²) < 4.78 is 26.9. The number of benzene rings is 1. The van der Waals surface area contributed by atoms with Gasteiger partial charge in [-0.25, -0.2) is 8.78 Å². The lowest BCUT2D eigenvalue weighted by Gasteiger charge is -2.36. The van der Waals surface area contributed by atoms with E-state index >= 15 is 0 Å². The Hall–Kier alpha value is -1.04. The standard InChI is InChI=1S/C15H21F2N3/c16-13-3-1-2-12(15(13)17)14(18)10-19-6-8-20(9-7-19)11-4-5-11/h1-3,11,14H,4-10,18H2. The van der Waals surface area contributed by atoms with Crippen LogP contribution in [0.4, 0.5) is 8.78 Å². The molecule has 2 fully saturated rings. The largest absolute Gasteiger partial charge is 0.323 e. The van der Waals surface area contributed by atoms with Gasteiger partial charge in [0, 0.05) is 50.4 Å². The van der Waals surface area contributed by atoms with E-state index in [9.17, 15) is 8.78 Å². The van der Waals surface area contributed by atoms with Crippen molar-refractivity contribution in [1.82, 2.24) is 9.80 Å². The molecule has 1 saturated carbocycles. The van der Waals surface area contributed by atoms with Crippen LogP contribution in [-0.2, 0) is 0 Å². The van der Waals surface area contributed by atoms with Gasteiger partial charge in [-0.1, -0.05) is 12.1 Å². The normalized spacial score (nSPS) is 22.9. The molecule has 1 heterocycles. The van der Waals surface area contributed by atoms with Crippen LogP contribution in [0.3, 0.4) is 0 Å². The van der Waals surface area contributed by atoms with Crippen LogP contribution < -0.4 is 5.73 Å². The smallest absolute Gasteiger partial charge is 0.163 e. The first-order valence-corrected chi connectivity index (χ1v) is 7.31. The molecule has 0 amide bonds. The number of rotatable bonds is 4. The molecule has 1 aliphatic heterocycles. The second-order valence-electron chi connectivity index (χ2n) is 5.82. The summed E-state index contributed by atoms with van der Waals surface area (Å²) in [5.74, 6) is -1.63. The molecule has 110 valence electrons. The van der Waals surface area contributed by atoms with Crippen molar-refractivity contribution in [1.29, 1.82) is 0 Å². The second kappa shape index (κ2) is 5.76. The van der Waals surface area contributed by atoms with Crippen LogP contribution in [0.2, 0.25) is 0 Å². The number of nitrogens with zero attached hydrogens (tertiary/aromatic N) is 2. The van der Waals surface area contributed by atoms with Crippen molar-refractivity contribution in [3.05, 3.63) is 35.4 Å². The molecule has 0 aromatic heterocycles. The van der Waals surface area contributed by atoms with Crippen LogP contribution in [0, 0.1) is 11.6 Å². The van der Waals surface area contributed by atoms with Crippen molar-refractivity contribution in [3.8, 4) is 0 Å². The van der Waals surface area contributed by atoms with Crippen molar-refractivity contribution in [3.63, 3.8) is 0 Å². The lowest BCUT2D eigenvalue weighted by Crippen LogP contribution is -2.48. The summed E-state index contributed by atoms with van der Waals surface area (Å²) in [6.07, 6.45) is 2.65. The fourth-order valence-electron chi connectivity index (χ4n) is 2.93. The lowest BCUT2D eigenvalue weighted by atomic mass is 10.1. The molecule has 1 aromatic carbocycles. The number of piperazine rings is 1. The molecular formula is C15H21F2N3. The first kappa shape index (κ1) is 13.9. The average molecular weight is 281 g/mol. The molecule has 0 spiro atoms. The van der Waals surface area contributed by atoms with Crippen LogP contribution in [0.25, 0.3) is 0 Å². The van der Waals surface area contributed by atoms with Crippen molar-refractivity contribution in [2.24, 2.45) is 5.73 Å². The van der Waals surface area contributed by atoms with Gasteiger partial charge in [0.25, 0.3) is 0 Å². The average Bonchev–Trinajstić information content (AvgIpc) is 3.27. The van der Waals surface area contributed by atoms with E-state index in [2.05, 4.69) is 9.80 Å². The summed E-state index contributed by atoms with van der Waals surface area (Å²) >= 11 is 0. The van der Waals surface area contributed by atoms with Crippen LogP contribution in [-0.4, -0.2) is 48.6 Å². The van der Waals surface area contributed by atoms with Crippen LogP contribution >= 0.6 is 0 Å². The SMILES string of the molecule is NC(CN1CCN(C2CC2)CC1)c1cccc(F)c1F. The quantitative estimate of drug-likeness (QED) is 0.912. The van der Waals surface area contributed by atoms with Gasteiger partial charge >= 0.3 is 0 Å². The minimum Gasteiger partial charge on any atom is -0.323 e. The molecule has 1 unspecified atom stereocenters. The molecule has 20 heavy (non-hydrogen) atoms. The van der Waals surface area contributed by atoms with Gasteiger partial charge in [0.1, 0.15) is 0 Å². The number of hydrogen-bond donors (Lipinski definition) is 1. The van der Waals surface area contributed by atoms with Gasteiger partial charge in [-0.3, -0.25) is 9.80 Å². The van der Waals surface area contributed by atoms with Crippen molar-refractivity contribution in [2.45, 2.75) is 24.9 Å². The van der Waals surface area contributed by atoms with Gasteiger partial charge in [0.05, 0.1) is 0 Å². The fraction of sp³-hybridized carbons (Fsp3) is 0.600.